The van der Waals surface area contributed by atoms with Crippen molar-refractivity contribution in [2.75, 3.05) is 7.11 Å². The van der Waals surface area contributed by atoms with E-state index < -0.39 is 0 Å². The average molecular weight is 420 g/mol. The van der Waals surface area contributed by atoms with Crippen LogP contribution in [-0.2, 0) is 6.54 Å². The van der Waals surface area contributed by atoms with E-state index in [0.717, 1.165) is 33.8 Å². The van der Waals surface area contributed by atoms with Gasteiger partial charge in [0.05, 0.1) is 18.0 Å². The topological polar surface area (TPSA) is 83.5 Å². The van der Waals surface area contributed by atoms with Crippen LogP contribution < -0.4 is 4.74 Å². The number of tetrazole rings is 1. The number of aromatic nitrogens is 7. The van der Waals surface area contributed by atoms with Gasteiger partial charge in [0.25, 0.3) is 0 Å². The second-order valence-electron chi connectivity index (χ2n) is 6.48. The molecular weight excluding hydrogens is 398 g/mol. The molecule has 0 unspecified atom stereocenters. The van der Waals surface area contributed by atoms with E-state index in [1.165, 1.54) is 0 Å². The van der Waals surface area contributed by atoms with Crippen molar-refractivity contribution in [2.24, 2.45) is 0 Å². The highest BCUT2D eigenvalue weighted by Crippen LogP contribution is 2.35. The molecule has 4 rings (SSSR count). The maximum Gasteiger partial charge on any atom is 0.192 e. The maximum absolute atomic E-state index is 5.25. The number of thioether (sulfide) groups is 1. The number of hydrogen-bond acceptors (Lipinski definition) is 7. The molecule has 0 radical (unpaired) electrons. The monoisotopic (exact) mass is 419 g/mol. The summed E-state index contributed by atoms with van der Waals surface area (Å²) in [7, 11) is 1.65. The third-order valence-electron chi connectivity index (χ3n) is 4.52. The summed E-state index contributed by atoms with van der Waals surface area (Å²) in [4.78, 5) is 0. The molecule has 8 nitrogen and oxygen atoms in total. The third kappa shape index (κ3) is 3.97. The molecule has 4 aromatic rings. The largest absolute Gasteiger partial charge is 0.497 e. The number of rotatable bonds is 8. The van der Waals surface area contributed by atoms with Gasteiger partial charge in [0.1, 0.15) is 5.75 Å². The number of para-hydroxylation sites is 1. The molecule has 1 atom stereocenters. The Morgan fingerprint density at radius 2 is 1.83 bits per heavy atom. The van der Waals surface area contributed by atoms with E-state index in [-0.39, 0.29) is 5.25 Å². The van der Waals surface area contributed by atoms with Crippen molar-refractivity contribution < 1.29 is 4.74 Å². The highest BCUT2D eigenvalue weighted by molar-refractivity contribution is 7.99. The van der Waals surface area contributed by atoms with Gasteiger partial charge in [0.15, 0.2) is 16.8 Å². The highest BCUT2D eigenvalue weighted by atomic mass is 32.2. The molecule has 0 fully saturated rings. The van der Waals surface area contributed by atoms with Crippen molar-refractivity contribution in [3.8, 4) is 22.8 Å². The van der Waals surface area contributed by atoms with E-state index in [1.807, 2.05) is 65.2 Å². The standard InChI is InChI=1S/C21H21N7OS/c1-4-14-27-20(16-10-12-18(29-3)13-11-16)22-24-21(27)30-15(2)19-23-25-26-28(19)17-8-6-5-7-9-17/h4-13,15H,1,14H2,2-3H3/t15-/m0/s1. The number of nitrogens with zero attached hydrogens (tertiary/aromatic N) is 7. The van der Waals surface area contributed by atoms with Crippen LogP contribution in [0.4, 0.5) is 0 Å². The quantitative estimate of drug-likeness (QED) is 0.316. The Bertz CT molecular complexity index is 1120. The summed E-state index contributed by atoms with van der Waals surface area (Å²) >= 11 is 1.55. The molecule has 9 heteroatoms. The van der Waals surface area contributed by atoms with E-state index in [9.17, 15) is 0 Å². The number of ether oxygens (including phenoxy) is 1. The van der Waals surface area contributed by atoms with Crippen LogP contribution in [0.1, 0.15) is 18.0 Å². The molecule has 0 bridgehead atoms. The zero-order valence-corrected chi connectivity index (χ0v) is 17.5. The van der Waals surface area contributed by atoms with Crippen LogP contribution in [0, 0.1) is 0 Å². The summed E-state index contributed by atoms with van der Waals surface area (Å²) in [5, 5.41) is 21.8. The predicted octanol–water partition coefficient (Wildman–Crippen LogP) is 3.97. The van der Waals surface area contributed by atoms with E-state index in [4.69, 9.17) is 4.74 Å². The van der Waals surface area contributed by atoms with Crippen molar-refractivity contribution in [1.29, 1.82) is 0 Å². The summed E-state index contributed by atoms with van der Waals surface area (Å²) in [6, 6.07) is 17.6. The SMILES string of the molecule is C=CCn1c(S[C@@H](C)c2nnnn2-c2ccccc2)nnc1-c1ccc(OC)cc1. The van der Waals surface area contributed by atoms with Gasteiger partial charge in [0, 0.05) is 12.1 Å². The Morgan fingerprint density at radius 3 is 2.53 bits per heavy atom. The first-order chi connectivity index (χ1) is 14.7. The Kier molecular flexibility index (Phi) is 5.89. The summed E-state index contributed by atoms with van der Waals surface area (Å²) in [5.41, 5.74) is 1.87. The zero-order chi connectivity index (χ0) is 20.9. The van der Waals surface area contributed by atoms with Crippen LogP contribution in [0.3, 0.4) is 0 Å². The maximum atomic E-state index is 5.25. The zero-order valence-electron chi connectivity index (χ0n) is 16.7. The molecule has 2 aromatic carbocycles. The van der Waals surface area contributed by atoms with Crippen molar-refractivity contribution in [3.63, 3.8) is 0 Å². The molecule has 0 saturated heterocycles. The summed E-state index contributed by atoms with van der Waals surface area (Å²) < 4.78 is 9.03. The summed E-state index contributed by atoms with van der Waals surface area (Å²) in [6.07, 6.45) is 1.83. The van der Waals surface area contributed by atoms with Crippen LogP contribution in [0.15, 0.2) is 72.4 Å². The minimum atomic E-state index is -0.0447. The second kappa shape index (κ2) is 8.91. The van der Waals surface area contributed by atoms with Gasteiger partial charge >= 0.3 is 0 Å². The average Bonchev–Trinajstić information content (AvgIpc) is 3.43. The predicted molar refractivity (Wildman–Crippen MR) is 116 cm³/mol. The van der Waals surface area contributed by atoms with Gasteiger partial charge in [-0.05, 0) is 53.7 Å². The third-order valence-corrected chi connectivity index (χ3v) is 5.59. The molecule has 0 spiro atoms. The molecular formula is C21H21N7OS. The van der Waals surface area contributed by atoms with Gasteiger partial charge in [-0.15, -0.1) is 21.9 Å². The highest BCUT2D eigenvalue weighted by Gasteiger charge is 2.21. The lowest BCUT2D eigenvalue weighted by atomic mass is 10.2. The van der Waals surface area contributed by atoms with Crippen LogP contribution in [0.25, 0.3) is 17.1 Å². The Hall–Kier alpha value is -3.46. The lowest BCUT2D eigenvalue weighted by molar-refractivity contribution is 0.415. The van der Waals surface area contributed by atoms with Crippen LogP contribution in [-0.4, -0.2) is 42.1 Å². The molecule has 30 heavy (non-hydrogen) atoms. The molecule has 152 valence electrons. The van der Waals surface area contributed by atoms with Crippen LogP contribution >= 0.6 is 11.8 Å². The van der Waals surface area contributed by atoms with Crippen molar-refractivity contribution in [3.05, 3.63) is 73.1 Å². The first-order valence-electron chi connectivity index (χ1n) is 9.40. The minimum Gasteiger partial charge on any atom is -0.497 e. The number of methoxy groups -OCH3 is 1. The summed E-state index contributed by atoms with van der Waals surface area (Å²) in [5.74, 6) is 2.31. The molecule has 2 heterocycles. The van der Waals surface area contributed by atoms with E-state index in [2.05, 4.69) is 39.2 Å². The van der Waals surface area contributed by atoms with Gasteiger partial charge in [-0.2, -0.15) is 4.68 Å². The molecule has 2 aromatic heterocycles. The molecule has 0 amide bonds. The van der Waals surface area contributed by atoms with Crippen molar-refractivity contribution in [1.82, 2.24) is 35.0 Å². The van der Waals surface area contributed by atoms with Gasteiger partial charge in [0.2, 0.25) is 0 Å². The van der Waals surface area contributed by atoms with Crippen LogP contribution in [0.5, 0.6) is 5.75 Å². The fraction of sp³-hybridized carbons (Fsp3) is 0.190. The van der Waals surface area contributed by atoms with Gasteiger partial charge in [-0.3, -0.25) is 4.57 Å². The first-order valence-corrected chi connectivity index (χ1v) is 10.3. The normalized spacial score (nSPS) is 11.9. The van der Waals surface area contributed by atoms with E-state index >= 15 is 0 Å². The molecule has 0 aliphatic heterocycles. The molecule has 0 saturated carbocycles. The van der Waals surface area contributed by atoms with Gasteiger partial charge in [-0.1, -0.05) is 36.0 Å². The molecule has 0 aliphatic rings. The Labute approximate surface area is 178 Å². The first kappa shape index (κ1) is 19.8. The van der Waals surface area contributed by atoms with Crippen LogP contribution in [0.2, 0.25) is 0 Å². The fourth-order valence-electron chi connectivity index (χ4n) is 3.03. The minimum absolute atomic E-state index is 0.0447. The van der Waals surface area contributed by atoms with Crippen molar-refractivity contribution >= 4 is 11.8 Å². The lowest BCUT2D eigenvalue weighted by Gasteiger charge is -2.12. The smallest absolute Gasteiger partial charge is 0.192 e. The second-order valence-corrected chi connectivity index (χ2v) is 7.79. The molecule has 0 N–H and O–H groups in total. The van der Waals surface area contributed by atoms with E-state index in [1.54, 1.807) is 23.6 Å². The number of hydrogen-bond donors (Lipinski definition) is 0. The fourth-order valence-corrected chi connectivity index (χ4v) is 3.98. The summed E-state index contributed by atoms with van der Waals surface area (Å²) in [6.45, 7) is 6.52. The number of allylic oxidation sites excluding steroid dienone is 1. The Balaban J connectivity index is 1.63. The van der Waals surface area contributed by atoms with E-state index in [0.29, 0.717) is 6.54 Å². The van der Waals surface area contributed by atoms with Crippen molar-refractivity contribution in [2.45, 2.75) is 23.9 Å². The van der Waals surface area contributed by atoms with Gasteiger partial charge in [-0.25, -0.2) is 0 Å². The number of benzene rings is 2. The molecule has 0 aliphatic carbocycles. The lowest BCUT2D eigenvalue weighted by Crippen LogP contribution is -2.06. The Morgan fingerprint density at radius 1 is 1.07 bits per heavy atom. The van der Waals surface area contributed by atoms with Gasteiger partial charge < -0.3 is 4.74 Å².